The molecule has 0 unspecified atom stereocenters. The van der Waals surface area contributed by atoms with Crippen molar-refractivity contribution in [2.45, 2.75) is 13.8 Å². The molecule has 0 fully saturated rings. The van der Waals surface area contributed by atoms with Crippen LogP contribution in [0.4, 0.5) is 0 Å². The molecule has 1 aromatic rings. The third-order valence-electron chi connectivity index (χ3n) is 2.04. The van der Waals surface area contributed by atoms with Gasteiger partial charge in [0.05, 0.1) is 12.4 Å². The van der Waals surface area contributed by atoms with Gasteiger partial charge in [-0.1, -0.05) is 6.07 Å². The molecule has 1 rings (SSSR count). The van der Waals surface area contributed by atoms with Crippen molar-refractivity contribution in [2.24, 2.45) is 0 Å². The van der Waals surface area contributed by atoms with Gasteiger partial charge in [0.25, 0.3) is 5.91 Å². The van der Waals surface area contributed by atoms with E-state index >= 15 is 0 Å². The van der Waals surface area contributed by atoms with E-state index in [0.717, 1.165) is 0 Å². The highest BCUT2D eigenvalue weighted by Gasteiger charge is 2.14. The Hall–Kier alpha value is -1.56. The van der Waals surface area contributed by atoms with Crippen LogP contribution in [-0.4, -0.2) is 26.7 Å². The fourth-order valence-corrected chi connectivity index (χ4v) is 1.71. The average molecular weight is 257 g/mol. The second kappa shape index (κ2) is 5.67. The lowest BCUT2D eigenvalue weighted by Crippen LogP contribution is -2.31. The summed E-state index contributed by atoms with van der Waals surface area (Å²) in [6.45, 7) is 3.78. The number of nitrogens with one attached hydrogen (secondary N) is 1. The molecule has 0 saturated carbocycles. The van der Waals surface area contributed by atoms with Crippen molar-refractivity contribution in [3.05, 3.63) is 29.8 Å². The molecule has 0 aliphatic carbocycles. The second-order valence-corrected chi connectivity index (χ2v) is 5.31. The van der Waals surface area contributed by atoms with Crippen molar-refractivity contribution in [2.75, 3.05) is 12.4 Å². The summed E-state index contributed by atoms with van der Waals surface area (Å²) in [5, 5.41) is 0. The molecule has 0 bridgehead atoms. The van der Waals surface area contributed by atoms with Crippen molar-refractivity contribution < 1.29 is 17.9 Å². The molecular formula is C11H15NO4S. The highest BCUT2D eigenvalue weighted by atomic mass is 32.2. The zero-order valence-electron chi connectivity index (χ0n) is 9.76. The van der Waals surface area contributed by atoms with Crippen LogP contribution >= 0.6 is 0 Å². The zero-order valence-corrected chi connectivity index (χ0v) is 10.6. The van der Waals surface area contributed by atoms with Gasteiger partial charge in [0.2, 0.25) is 10.0 Å². The Labute approximate surface area is 101 Å². The van der Waals surface area contributed by atoms with E-state index in [1.807, 2.05) is 11.6 Å². The summed E-state index contributed by atoms with van der Waals surface area (Å²) >= 11 is 0. The van der Waals surface area contributed by atoms with Gasteiger partial charge in [0.1, 0.15) is 5.75 Å². The van der Waals surface area contributed by atoms with Crippen LogP contribution in [0.25, 0.3) is 0 Å². The number of amides is 1. The highest BCUT2D eigenvalue weighted by Crippen LogP contribution is 2.13. The molecule has 0 heterocycles. The van der Waals surface area contributed by atoms with Crippen LogP contribution in [0.1, 0.15) is 24.2 Å². The molecule has 0 spiro atoms. The first kappa shape index (κ1) is 13.5. The smallest absolute Gasteiger partial charge is 0.264 e. The van der Waals surface area contributed by atoms with E-state index in [2.05, 4.69) is 0 Å². The molecule has 0 aliphatic rings. The van der Waals surface area contributed by atoms with Gasteiger partial charge >= 0.3 is 0 Å². The molecule has 0 aliphatic heterocycles. The summed E-state index contributed by atoms with van der Waals surface area (Å²) in [5.41, 5.74) is 0.257. The summed E-state index contributed by atoms with van der Waals surface area (Å²) in [6, 6.07) is 6.38. The van der Waals surface area contributed by atoms with Crippen LogP contribution in [0.2, 0.25) is 0 Å². The van der Waals surface area contributed by atoms with Crippen molar-refractivity contribution in [1.82, 2.24) is 4.72 Å². The fourth-order valence-electron chi connectivity index (χ4n) is 1.17. The summed E-state index contributed by atoms with van der Waals surface area (Å²) in [5.74, 6) is -0.244. The predicted octanol–water partition coefficient (Wildman–Crippen LogP) is 1.16. The van der Waals surface area contributed by atoms with Gasteiger partial charge < -0.3 is 4.74 Å². The Morgan fingerprint density at radius 1 is 1.35 bits per heavy atom. The average Bonchev–Trinajstić information content (AvgIpc) is 2.29. The Morgan fingerprint density at radius 3 is 2.65 bits per heavy atom. The Balaban J connectivity index is 2.86. The number of carbonyl (C=O) groups excluding carboxylic acids is 1. The molecule has 6 heteroatoms. The quantitative estimate of drug-likeness (QED) is 0.859. The molecule has 0 radical (unpaired) electrons. The van der Waals surface area contributed by atoms with Gasteiger partial charge in [0.15, 0.2) is 0 Å². The molecule has 1 amide bonds. The standard InChI is InChI=1S/C11H15NO4S/c1-3-16-10-7-5-6-9(8-10)11(13)12-17(14,15)4-2/h5-8H,3-4H2,1-2H3,(H,12,13). The third kappa shape index (κ3) is 4.07. The van der Waals surface area contributed by atoms with Gasteiger partial charge in [-0.15, -0.1) is 0 Å². The Morgan fingerprint density at radius 2 is 2.06 bits per heavy atom. The van der Waals surface area contributed by atoms with Crippen LogP contribution < -0.4 is 9.46 Å². The maximum absolute atomic E-state index is 11.6. The van der Waals surface area contributed by atoms with E-state index < -0.39 is 15.9 Å². The van der Waals surface area contributed by atoms with Crippen LogP contribution in [0, 0.1) is 0 Å². The first-order chi connectivity index (χ1) is 7.98. The van der Waals surface area contributed by atoms with Gasteiger partial charge in [-0.3, -0.25) is 4.79 Å². The first-order valence-electron chi connectivity index (χ1n) is 5.26. The number of carbonyl (C=O) groups is 1. The maximum atomic E-state index is 11.6. The minimum Gasteiger partial charge on any atom is -0.494 e. The van der Waals surface area contributed by atoms with E-state index in [0.29, 0.717) is 12.4 Å². The number of benzene rings is 1. The van der Waals surface area contributed by atoms with Crippen LogP contribution in [0.15, 0.2) is 24.3 Å². The van der Waals surface area contributed by atoms with Crippen molar-refractivity contribution in [1.29, 1.82) is 0 Å². The summed E-state index contributed by atoms with van der Waals surface area (Å²) in [6.07, 6.45) is 0. The fraction of sp³-hybridized carbons (Fsp3) is 0.364. The minimum atomic E-state index is -3.53. The van der Waals surface area contributed by atoms with Gasteiger partial charge in [-0.25, -0.2) is 13.1 Å². The zero-order chi connectivity index (χ0) is 12.9. The monoisotopic (exact) mass is 257 g/mol. The molecule has 17 heavy (non-hydrogen) atoms. The first-order valence-corrected chi connectivity index (χ1v) is 6.91. The van der Waals surface area contributed by atoms with E-state index in [9.17, 15) is 13.2 Å². The van der Waals surface area contributed by atoms with E-state index in [4.69, 9.17) is 4.74 Å². The van der Waals surface area contributed by atoms with Gasteiger partial charge in [0, 0.05) is 5.56 Å². The van der Waals surface area contributed by atoms with Crippen molar-refractivity contribution in [3.63, 3.8) is 0 Å². The molecule has 0 aromatic heterocycles. The van der Waals surface area contributed by atoms with Crippen LogP contribution in [0.5, 0.6) is 5.75 Å². The topological polar surface area (TPSA) is 72.5 Å². The molecule has 1 aromatic carbocycles. The minimum absolute atomic E-state index is 0.135. The number of sulfonamides is 1. The lowest BCUT2D eigenvalue weighted by Gasteiger charge is -2.07. The lowest BCUT2D eigenvalue weighted by atomic mass is 10.2. The van der Waals surface area contributed by atoms with Crippen LogP contribution in [0.3, 0.4) is 0 Å². The summed E-state index contributed by atoms with van der Waals surface area (Å²) in [7, 11) is -3.53. The Kier molecular flexibility index (Phi) is 4.51. The molecule has 1 N–H and O–H groups in total. The molecule has 5 nitrogen and oxygen atoms in total. The summed E-state index contributed by atoms with van der Waals surface area (Å²) in [4.78, 5) is 11.6. The molecule has 94 valence electrons. The van der Waals surface area contributed by atoms with Crippen molar-refractivity contribution in [3.8, 4) is 5.75 Å². The molecule has 0 saturated heterocycles. The third-order valence-corrected chi connectivity index (χ3v) is 3.29. The van der Waals surface area contributed by atoms with Gasteiger partial charge in [-0.05, 0) is 32.0 Å². The number of ether oxygens (including phenoxy) is 1. The molecule has 0 atom stereocenters. The number of hydrogen-bond acceptors (Lipinski definition) is 4. The van der Waals surface area contributed by atoms with E-state index in [1.54, 1.807) is 12.1 Å². The Bertz CT molecular complexity index is 496. The largest absolute Gasteiger partial charge is 0.494 e. The van der Waals surface area contributed by atoms with Crippen molar-refractivity contribution >= 4 is 15.9 Å². The number of hydrogen-bond donors (Lipinski definition) is 1. The van der Waals surface area contributed by atoms with Crippen LogP contribution in [-0.2, 0) is 10.0 Å². The second-order valence-electron chi connectivity index (χ2n) is 3.30. The number of rotatable bonds is 5. The van der Waals surface area contributed by atoms with E-state index in [1.165, 1.54) is 19.1 Å². The lowest BCUT2D eigenvalue weighted by molar-refractivity contribution is 0.0981. The SMILES string of the molecule is CCOc1cccc(C(=O)NS(=O)(=O)CC)c1. The maximum Gasteiger partial charge on any atom is 0.264 e. The highest BCUT2D eigenvalue weighted by molar-refractivity contribution is 7.90. The normalized spacial score (nSPS) is 10.9. The summed E-state index contributed by atoms with van der Waals surface area (Å²) < 4.78 is 29.7. The molecular weight excluding hydrogens is 242 g/mol. The predicted molar refractivity (Wildman–Crippen MR) is 64.5 cm³/mol. The van der Waals surface area contributed by atoms with Gasteiger partial charge in [-0.2, -0.15) is 0 Å². The van der Waals surface area contributed by atoms with E-state index in [-0.39, 0.29) is 11.3 Å².